The van der Waals surface area contributed by atoms with E-state index in [1.165, 1.54) is 24.8 Å². The lowest BCUT2D eigenvalue weighted by Gasteiger charge is -2.38. The van der Waals surface area contributed by atoms with Gasteiger partial charge in [0.05, 0.1) is 0 Å². The van der Waals surface area contributed by atoms with Crippen molar-refractivity contribution < 1.29 is 0 Å². The minimum atomic E-state index is -0.125. The lowest BCUT2D eigenvalue weighted by atomic mass is 9.72. The highest BCUT2D eigenvalue weighted by Crippen LogP contribution is 2.38. The molecule has 2 rings (SSSR count). The van der Waals surface area contributed by atoms with Crippen molar-refractivity contribution in [3.63, 3.8) is 0 Å². The lowest BCUT2D eigenvalue weighted by molar-refractivity contribution is 0.221. The predicted octanol–water partition coefficient (Wildman–Crippen LogP) is 3.14. The van der Waals surface area contributed by atoms with Gasteiger partial charge in [-0.2, -0.15) is 0 Å². The van der Waals surface area contributed by atoms with Crippen LogP contribution in [-0.4, -0.2) is 4.98 Å². The molecule has 1 heterocycles. The zero-order chi connectivity index (χ0) is 11.6. The molecule has 1 aliphatic carbocycles. The van der Waals surface area contributed by atoms with Gasteiger partial charge in [0.25, 0.3) is 0 Å². The first-order chi connectivity index (χ1) is 7.64. The molecular weight excluding hydrogens is 196 g/mol. The number of aryl methyl sites for hydroxylation is 1. The van der Waals surface area contributed by atoms with Gasteiger partial charge in [0.15, 0.2) is 0 Å². The summed E-state index contributed by atoms with van der Waals surface area (Å²) in [5.41, 5.74) is 8.71. The monoisotopic (exact) mass is 218 g/mol. The summed E-state index contributed by atoms with van der Waals surface area (Å²) in [4.78, 5) is 4.37. The van der Waals surface area contributed by atoms with Gasteiger partial charge in [0.2, 0.25) is 0 Å². The zero-order valence-electron chi connectivity index (χ0n) is 10.4. The van der Waals surface area contributed by atoms with E-state index >= 15 is 0 Å². The quantitative estimate of drug-likeness (QED) is 0.828. The van der Waals surface area contributed by atoms with Crippen LogP contribution < -0.4 is 5.73 Å². The highest BCUT2D eigenvalue weighted by molar-refractivity contribution is 5.23. The molecule has 2 heteroatoms. The summed E-state index contributed by atoms with van der Waals surface area (Å²) in [5.74, 6) is 0.792. The number of rotatable bonds is 2. The summed E-state index contributed by atoms with van der Waals surface area (Å²) in [6.45, 7) is 4.28. The van der Waals surface area contributed by atoms with E-state index in [1.54, 1.807) is 0 Å². The van der Waals surface area contributed by atoms with Gasteiger partial charge in [-0.1, -0.05) is 32.3 Å². The fourth-order valence-corrected chi connectivity index (χ4v) is 2.80. The molecule has 1 saturated carbocycles. The maximum atomic E-state index is 6.56. The highest BCUT2D eigenvalue weighted by atomic mass is 14.8. The maximum absolute atomic E-state index is 6.56. The Kier molecular flexibility index (Phi) is 3.29. The lowest BCUT2D eigenvalue weighted by Crippen LogP contribution is -2.41. The van der Waals surface area contributed by atoms with Gasteiger partial charge in [0.1, 0.15) is 0 Å². The second-order valence-electron chi connectivity index (χ2n) is 5.22. The van der Waals surface area contributed by atoms with Crippen LogP contribution in [0, 0.1) is 12.8 Å². The third kappa shape index (κ3) is 2.27. The molecule has 1 aromatic rings. The average Bonchev–Trinajstić information content (AvgIpc) is 2.29. The van der Waals surface area contributed by atoms with Crippen molar-refractivity contribution in [1.29, 1.82) is 0 Å². The second kappa shape index (κ2) is 4.54. The van der Waals surface area contributed by atoms with Crippen molar-refractivity contribution >= 4 is 0 Å². The van der Waals surface area contributed by atoms with Crippen LogP contribution in [0.15, 0.2) is 18.3 Å². The Bertz CT molecular complexity index is 344. The van der Waals surface area contributed by atoms with Crippen LogP contribution in [0.3, 0.4) is 0 Å². The molecule has 88 valence electrons. The topological polar surface area (TPSA) is 38.9 Å². The molecule has 0 spiro atoms. The molecule has 1 aliphatic rings. The molecule has 0 amide bonds. The van der Waals surface area contributed by atoms with Gasteiger partial charge in [-0.3, -0.25) is 4.98 Å². The van der Waals surface area contributed by atoms with Crippen molar-refractivity contribution in [3.8, 4) is 0 Å². The number of hydrogen-bond donors (Lipinski definition) is 1. The molecule has 2 N–H and O–H groups in total. The first-order valence-electron chi connectivity index (χ1n) is 6.36. The van der Waals surface area contributed by atoms with Crippen LogP contribution in [0.1, 0.15) is 50.3 Å². The maximum Gasteiger partial charge on any atom is 0.0427 e. The normalized spacial score (nSPS) is 30.3. The summed E-state index contributed by atoms with van der Waals surface area (Å²) in [7, 11) is 0. The smallest absolute Gasteiger partial charge is 0.0427 e. The summed E-state index contributed by atoms with van der Waals surface area (Å²) in [5, 5.41) is 0. The molecular formula is C14H22N2. The predicted molar refractivity (Wildman–Crippen MR) is 67.1 cm³/mol. The van der Waals surface area contributed by atoms with E-state index in [9.17, 15) is 0 Å². The third-order valence-corrected chi connectivity index (χ3v) is 3.95. The molecule has 1 fully saturated rings. The van der Waals surface area contributed by atoms with Crippen LogP contribution in [0.2, 0.25) is 0 Å². The fraction of sp³-hybridized carbons (Fsp3) is 0.643. The fourth-order valence-electron chi connectivity index (χ4n) is 2.80. The van der Waals surface area contributed by atoms with Crippen molar-refractivity contribution in [3.05, 3.63) is 29.6 Å². The van der Waals surface area contributed by atoms with Gasteiger partial charge >= 0.3 is 0 Å². The number of aromatic nitrogens is 1. The minimum Gasteiger partial charge on any atom is -0.321 e. The van der Waals surface area contributed by atoms with Crippen molar-refractivity contribution in [1.82, 2.24) is 4.98 Å². The molecule has 0 aromatic carbocycles. The van der Waals surface area contributed by atoms with Gasteiger partial charge in [-0.05, 0) is 37.3 Å². The van der Waals surface area contributed by atoms with Crippen LogP contribution in [0.5, 0.6) is 0 Å². The first-order valence-corrected chi connectivity index (χ1v) is 6.36. The zero-order valence-corrected chi connectivity index (χ0v) is 10.4. The van der Waals surface area contributed by atoms with Crippen LogP contribution in [0.25, 0.3) is 0 Å². The van der Waals surface area contributed by atoms with Gasteiger partial charge < -0.3 is 5.73 Å². The summed E-state index contributed by atoms with van der Waals surface area (Å²) in [6, 6.07) is 4.22. The largest absolute Gasteiger partial charge is 0.321 e. The van der Waals surface area contributed by atoms with E-state index in [0.29, 0.717) is 0 Å². The number of nitrogens with two attached hydrogens (primary N) is 1. The average molecular weight is 218 g/mol. The van der Waals surface area contributed by atoms with Crippen LogP contribution in [-0.2, 0) is 5.54 Å². The Hall–Kier alpha value is -0.890. The van der Waals surface area contributed by atoms with Gasteiger partial charge in [0, 0.05) is 17.4 Å². The molecule has 2 unspecified atom stereocenters. The summed E-state index contributed by atoms with van der Waals surface area (Å²) in [6.07, 6.45) is 8.03. The molecule has 1 aromatic heterocycles. The first kappa shape index (κ1) is 11.6. The van der Waals surface area contributed by atoms with Crippen molar-refractivity contribution in [2.45, 2.75) is 51.5 Å². The number of nitrogens with zero attached hydrogens (tertiary/aromatic N) is 1. The van der Waals surface area contributed by atoms with Gasteiger partial charge in [-0.15, -0.1) is 0 Å². The standard InChI is InChI=1S/C14H22N2/c1-3-12-5-4-8-14(15,9-12)13-7-6-11(2)16-10-13/h6-7,10,12H,3-5,8-9,15H2,1-2H3. The summed E-state index contributed by atoms with van der Waals surface area (Å²) >= 11 is 0. The van der Waals surface area contributed by atoms with Crippen molar-refractivity contribution in [2.24, 2.45) is 11.7 Å². The minimum absolute atomic E-state index is 0.125. The van der Waals surface area contributed by atoms with Gasteiger partial charge in [-0.25, -0.2) is 0 Å². The van der Waals surface area contributed by atoms with Crippen LogP contribution >= 0.6 is 0 Å². The van der Waals surface area contributed by atoms with Crippen molar-refractivity contribution in [2.75, 3.05) is 0 Å². The van der Waals surface area contributed by atoms with E-state index in [0.717, 1.165) is 24.5 Å². The molecule has 0 bridgehead atoms. The Morgan fingerprint density at radius 2 is 2.31 bits per heavy atom. The molecule has 2 atom stereocenters. The molecule has 2 nitrogen and oxygen atoms in total. The van der Waals surface area contributed by atoms with E-state index in [2.05, 4.69) is 24.0 Å². The van der Waals surface area contributed by atoms with E-state index < -0.39 is 0 Å². The molecule has 16 heavy (non-hydrogen) atoms. The van der Waals surface area contributed by atoms with E-state index in [-0.39, 0.29) is 5.54 Å². The third-order valence-electron chi connectivity index (χ3n) is 3.95. The van der Waals surface area contributed by atoms with E-state index in [1.807, 2.05) is 13.1 Å². The van der Waals surface area contributed by atoms with Crippen LogP contribution in [0.4, 0.5) is 0 Å². The molecule has 0 aliphatic heterocycles. The molecule has 0 saturated heterocycles. The Morgan fingerprint density at radius 1 is 1.50 bits per heavy atom. The Balaban J connectivity index is 2.20. The highest BCUT2D eigenvalue weighted by Gasteiger charge is 2.33. The Morgan fingerprint density at radius 3 is 2.94 bits per heavy atom. The molecule has 0 radical (unpaired) electrons. The second-order valence-corrected chi connectivity index (χ2v) is 5.22. The number of hydrogen-bond acceptors (Lipinski definition) is 2. The van der Waals surface area contributed by atoms with E-state index in [4.69, 9.17) is 5.73 Å². The summed E-state index contributed by atoms with van der Waals surface area (Å²) < 4.78 is 0. The number of pyridine rings is 1. The SMILES string of the molecule is CCC1CCCC(N)(c2ccc(C)nc2)C1. The Labute approximate surface area is 98.3 Å².